The number of benzene rings is 1. The zero-order valence-electron chi connectivity index (χ0n) is 15.1. The second-order valence-corrected chi connectivity index (χ2v) is 7.45. The van der Waals surface area contributed by atoms with E-state index in [0.29, 0.717) is 19.2 Å². The molecule has 1 aliphatic carbocycles. The van der Waals surface area contributed by atoms with Gasteiger partial charge in [-0.1, -0.05) is 0 Å². The van der Waals surface area contributed by atoms with Crippen molar-refractivity contribution in [2.24, 2.45) is 0 Å². The summed E-state index contributed by atoms with van der Waals surface area (Å²) in [6.07, 6.45) is 2.01. The Balaban J connectivity index is 1.54. The molecule has 3 rings (SSSR count). The van der Waals surface area contributed by atoms with E-state index in [1.165, 1.54) is 12.8 Å². The van der Waals surface area contributed by atoms with Crippen molar-refractivity contribution in [2.75, 3.05) is 26.2 Å². The Bertz CT molecular complexity index is 739. The largest absolute Gasteiger partial charge is 0.340 e. The van der Waals surface area contributed by atoms with Crippen LogP contribution in [0.5, 0.6) is 0 Å². The quantitative estimate of drug-likeness (QED) is 0.592. The summed E-state index contributed by atoms with van der Waals surface area (Å²) in [5.41, 5.74) is -0.815. The fourth-order valence-corrected chi connectivity index (χ4v) is 3.39. The second kappa shape index (κ2) is 7.02. The molecule has 0 unspecified atom stereocenters. The van der Waals surface area contributed by atoms with Crippen molar-refractivity contribution < 1.29 is 22.8 Å². The number of carbonyl (C=O) groups excluding carboxylic acids is 2. The molecular formula is C19H23F3N2O2. The Morgan fingerprint density at radius 1 is 1.04 bits per heavy atom. The van der Waals surface area contributed by atoms with Gasteiger partial charge in [0.05, 0.1) is 5.56 Å². The smallest absolute Gasteiger partial charge is 0.223 e. The van der Waals surface area contributed by atoms with Crippen LogP contribution in [-0.2, 0) is 4.79 Å². The number of halogens is 3. The van der Waals surface area contributed by atoms with Gasteiger partial charge in [-0.15, -0.1) is 0 Å². The number of carbonyl (C=O) groups is 2. The van der Waals surface area contributed by atoms with Gasteiger partial charge >= 0.3 is 0 Å². The maximum absolute atomic E-state index is 13.9. The highest BCUT2D eigenvalue weighted by atomic mass is 19.2. The van der Waals surface area contributed by atoms with Crippen LogP contribution in [0.25, 0.3) is 0 Å². The lowest BCUT2D eigenvalue weighted by molar-refractivity contribution is -0.133. The average Bonchev–Trinajstić information content (AvgIpc) is 3.39. The molecular weight excluding hydrogens is 345 g/mol. The van der Waals surface area contributed by atoms with Crippen LogP contribution in [-0.4, -0.2) is 53.2 Å². The molecule has 0 N–H and O–H groups in total. The van der Waals surface area contributed by atoms with Gasteiger partial charge in [-0.2, -0.15) is 0 Å². The topological polar surface area (TPSA) is 40.6 Å². The molecule has 1 saturated carbocycles. The van der Waals surface area contributed by atoms with Gasteiger partial charge in [0.15, 0.2) is 17.4 Å². The maximum Gasteiger partial charge on any atom is 0.223 e. The van der Waals surface area contributed by atoms with E-state index in [0.717, 1.165) is 20.0 Å². The van der Waals surface area contributed by atoms with Crippen molar-refractivity contribution in [1.82, 2.24) is 9.80 Å². The minimum Gasteiger partial charge on any atom is -0.340 e. The molecule has 0 bridgehead atoms. The Morgan fingerprint density at radius 2 is 1.65 bits per heavy atom. The van der Waals surface area contributed by atoms with Crippen LogP contribution in [0.2, 0.25) is 0 Å². The van der Waals surface area contributed by atoms with Crippen LogP contribution >= 0.6 is 0 Å². The Kier molecular flexibility index (Phi) is 5.10. The number of rotatable bonds is 5. The van der Waals surface area contributed by atoms with Gasteiger partial charge in [0.2, 0.25) is 5.91 Å². The summed E-state index contributed by atoms with van der Waals surface area (Å²) in [5.74, 6) is -4.63. The third-order valence-electron chi connectivity index (χ3n) is 5.62. The number of hydrogen-bond acceptors (Lipinski definition) is 3. The van der Waals surface area contributed by atoms with E-state index >= 15 is 0 Å². The number of hydrogen-bond donors (Lipinski definition) is 0. The molecule has 0 radical (unpaired) electrons. The molecule has 0 aromatic heterocycles. The molecule has 26 heavy (non-hydrogen) atoms. The summed E-state index contributed by atoms with van der Waals surface area (Å²) in [4.78, 5) is 28.5. The van der Waals surface area contributed by atoms with Crippen LogP contribution in [0.1, 0.15) is 48.5 Å². The van der Waals surface area contributed by atoms with E-state index in [9.17, 15) is 22.8 Å². The minimum absolute atomic E-state index is 0.0906. The lowest BCUT2D eigenvalue weighted by Gasteiger charge is -2.38. The molecule has 1 aliphatic heterocycles. The molecule has 0 spiro atoms. The van der Waals surface area contributed by atoms with Gasteiger partial charge in [0, 0.05) is 50.1 Å². The summed E-state index contributed by atoms with van der Waals surface area (Å²) >= 11 is 0. The Morgan fingerprint density at radius 3 is 2.23 bits per heavy atom. The van der Waals surface area contributed by atoms with Gasteiger partial charge in [0.25, 0.3) is 0 Å². The van der Waals surface area contributed by atoms with Crippen molar-refractivity contribution in [1.29, 1.82) is 0 Å². The SMILES string of the molecule is Cc1c(F)cc(C(=O)CCC(=O)N2CCN(C3(C)CC3)CC2)c(F)c1F. The highest BCUT2D eigenvalue weighted by Crippen LogP contribution is 2.41. The normalized spacial score (nSPS) is 19.5. The Labute approximate surface area is 151 Å². The summed E-state index contributed by atoms with van der Waals surface area (Å²) in [7, 11) is 0. The van der Waals surface area contributed by atoms with E-state index in [2.05, 4.69) is 11.8 Å². The first-order valence-corrected chi connectivity index (χ1v) is 8.93. The maximum atomic E-state index is 13.9. The van der Waals surface area contributed by atoms with Crippen molar-refractivity contribution in [3.63, 3.8) is 0 Å². The third kappa shape index (κ3) is 3.63. The molecule has 1 aromatic rings. The summed E-state index contributed by atoms with van der Waals surface area (Å²) in [5, 5.41) is 0. The van der Waals surface area contributed by atoms with Gasteiger partial charge < -0.3 is 4.90 Å². The van der Waals surface area contributed by atoms with E-state index in [1.54, 1.807) is 4.90 Å². The standard InChI is InChI=1S/C19H23F3N2O2/c1-12-14(20)11-13(18(22)17(12)21)15(25)3-4-16(26)23-7-9-24(10-8-23)19(2)5-6-19/h11H,3-10H2,1-2H3. The van der Waals surface area contributed by atoms with Crippen LogP contribution in [0.3, 0.4) is 0 Å². The molecule has 1 aromatic carbocycles. The van der Waals surface area contributed by atoms with Crippen molar-refractivity contribution in [2.45, 2.75) is 45.1 Å². The summed E-state index contributed by atoms with van der Waals surface area (Å²) in [6.45, 7) is 6.14. The minimum atomic E-state index is -1.36. The van der Waals surface area contributed by atoms with Crippen molar-refractivity contribution >= 4 is 11.7 Å². The highest BCUT2D eigenvalue weighted by Gasteiger charge is 2.44. The molecule has 0 atom stereocenters. The van der Waals surface area contributed by atoms with E-state index in [1.807, 2.05) is 0 Å². The van der Waals surface area contributed by atoms with Crippen LogP contribution < -0.4 is 0 Å². The number of ketones is 1. The van der Waals surface area contributed by atoms with E-state index in [-0.39, 0.29) is 24.3 Å². The molecule has 1 heterocycles. The fraction of sp³-hybridized carbons (Fsp3) is 0.579. The number of Topliss-reactive ketones (excluding diaryl/α,β-unsaturated/α-hetero) is 1. The average molecular weight is 368 g/mol. The zero-order chi connectivity index (χ0) is 19.1. The number of amides is 1. The Hall–Kier alpha value is -1.89. The molecule has 1 amide bonds. The highest BCUT2D eigenvalue weighted by molar-refractivity contribution is 5.98. The van der Waals surface area contributed by atoms with Crippen LogP contribution in [0.15, 0.2) is 6.07 Å². The number of nitrogens with zero attached hydrogens (tertiary/aromatic N) is 2. The predicted molar refractivity (Wildman–Crippen MR) is 90.4 cm³/mol. The van der Waals surface area contributed by atoms with Gasteiger partial charge in [-0.25, -0.2) is 13.2 Å². The molecule has 1 saturated heterocycles. The first-order chi connectivity index (χ1) is 12.2. The van der Waals surface area contributed by atoms with Crippen LogP contribution in [0.4, 0.5) is 13.2 Å². The predicted octanol–water partition coefficient (Wildman–Crippen LogP) is 3.07. The lowest BCUT2D eigenvalue weighted by Crippen LogP contribution is -2.52. The van der Waals surface area contributed by atoms with Gasteiger partial charge in [0.1, 0.15) is 5.82 Å². The fourth-order valence-electron chi connectivity index (χ4n) is 3.39. The molecule has 2 fully saturated rings. The second-order valence-electron chi connectivity index (χ2n) is 7.45. The van der Waals surface area contributed by atoms with Gasteiger partial charge in [-0.3, -0.25) is 14.5 Å². The zero-order valence-corrected chi connectivity index (χ0v) is 15.1. The lowest BCUT2D eigenvalue weighted by atomic mass is 10.0. The van der Waals surface area contributed by atoms with Gasteiger partial charge in [-0.05, 0) is 32.8 Å². The van der Waals surface area contributed by atoms with E-state index in [4.69, 9.17) is 0 Å². The molecule has 4 nitrogen and oxygen atoms in total. The molecule has 2 aliphatic rings. The molecule has 142 valence electrons. The van der Waals surface area contributed by atoms with Crippen LogP contribution in [0, 0.1) is 24.4 Å². The first-order valence-electron chi connectivity index (χ1n) is 8.93. The van der Waals surface area contributed by atoms with Crippen molar-refractivity contribution in [3.05, 3.63) is 34.6 Å². The third-order valence-corrected chi connectivity index (χ3v) is 5.62. The summed E-state index contributed by atoms with van der Waals surface area (Å²) in [6, 6.07) is 0.704. The van der Waals surface area contributed by atoms with E-state index < -0.39 is 34.4 Å². The molecule has 7 heteroatoms. The first kappa shape index (κ1) is 18.9. The monoisotopic (exact) mass is 368 g/mol. The summed E-state index contributed by atoms with van der Waals surface area (Å²) < 4.78 is 41.0. The van der Waals surface area contributed by atoms with Crippen molar-refractivity contribution in [3.8, 4) is 0 Å². The number of piperazine rings is 1.